The number of esters is 2. The van der Waals surface area contributed by atoms with Gasteiger partial charge in [-0.05, 0) is 62.7 Å². The molecule has 0 saturated carbocycles. The van der Waals surface area contributed by atoms with Gasteiger partial charge in [0.25, 0.3) is 10.0 Å². The lowest BCUT2D eigenvalue weighted by Gasteiger charge is -2.14. The van der Waals surface area contributed by atoms with Crippen molar-refractivity contribution in [3.63, 3.8) is 0 Å². The van der Waals surface area contributed by atoms with E-state index in [0.717, 1.165) is 0 Å². The topological polar surface area (TPSA) is 108 Å². The Labute approximate surface area is 169 Å². The van der Waals surface area contributed by atoms with Crippen molar-refractivity contribution in [1.29, 1.82) is 0 Å². The van der Waals surface area contributed by atoms with Crippen molar-refractivity contribution in [1.82, 2.24) is 0 Å². The Hall–Kier alpha value is -3.07. The number of hydrogen-bond donors (Lipinski definition) is 1. The molecule has 0 bridgehead atoms. The minimum atomic E-state index is -3.95. The molecule has 2 aromatic carbocycles. The Morgan fingerprint density at radius 1 is 1.10 bits per heavy atom. The fraction of sp³-hybridized carbons (Fsp3) is 0.300. The molecule has 8 nitrogen and oxygen atoms in total. The lowest BCUT2D eigenvalue weighted by Crippen LogP contribution is -2.25. The molecule has 9 heteroatoms. The molecule has 0 unspecified atom stereocenters. The molecule has 1 N–H and O–H groups in total. The third-order valence-electron chi connectivity index (χ3n) is 3.97. The van der Waals surface area contributed by atoms with Crippen LogP contribution in [0.5, 0.6) is 5.75 Å². The monoisotopic (exact) mass is 421 g/mol. The smallest absolute Gasteiger partial charge is 0.346 e. The largest absolute Gasteiger partial charge is 0.494 e. The summed E-state index contributed by atoms with van der Waals surface area (Å²) in [7, 11) is -2.77. The van der Waals surface area contributed by atoms with Gasteiger partial charge < -0.3 is 14.2 Å². The van der Waals surface area contributed by atoms with Gasteiger partial charge in [0, 0.05) is 5.69 Å². The summed E-state index contributed by atoms with van der Waals surface area (Å²) < 4.78 is 42.8. The molecule has 2 rings (SSSR count). The fourth-order valence-electron chi connectivity index (χ4n) is 2.43. The number of nitrogens with one attached hydrogen (secondary N) is 1. The molecule has 0 radical (unpaired) electrons. The molecular weight excluding hydrogens is 398 g/mol. The van der Waals surface area contributed by atoms with Crippen LogP contribution in [0.25, 0.3) is 0 Å². The van der Waals surface area contributed by atoms with Crippen LogP contribution in [0.2, 0.25) is 0 Å². The third kappa shape index (κ3) is 5.71. The molecule has 2 aromatic rings. The first-order chi connectivity index (χ1) is 13.7. The molecule has 0 heterocycles. The number of methoxy groups -OCH3 is 1. The Morgan fingerprint density at radius 3 is 2.34 bits per heavy atom. The fourth-order valence-corrected chi connectivity index (χ4v) is 3.51. The van der Waals surface area contributed by atoms with E-state index in [-0.39, 0.29) is 10.5 Å². The number of aryl methyl sites for hydroxylation is 1. The van der Waals surface area contributed by atoms with Crippen LogP contribution in [-0.4, -0.2) is 40.2 Å². The van der Waals surface area contributed by atoms with E-state index in [2.05, 4.69) is 9.46 Å². The van der Waals surface area contributed by atoms with E-state index >= 15 is 0 Å². The molecule has 0 saturated heterocycles. The van der Waals surface area contributed by atoms with Gasteiger partial charge in [0.1, 0.15) is 5.75 Å². The van der Waals surface area contributed by atoms with Gasteiger partial charge in [-0.2, -0.15) is 0 Å². The molecule has 0 amide bonds. The minimum absolute atomic E-state index is 0.0373. The standard InChI is InChI=1S/C20H23NO7S/c1-5-27-16-9-7-15(8-10-16)21-29(24,25)17-11-6-13(2)18(12-17)20(23)28-14(3)19(22)26-4/h6-12,14,21H,5H2,1-4H3/t14-/m1/s1. The highest BCUT2D eigenvalue weighted by Crippen LogP contribution is 2.22. The number of hydrogen-bond acceptors (Lipinski definition) is 7. The first kappa shape index (κ1) is 22.2. The lowest BCUT2D eigenvalue weighted by molar-refractivity contribution is -0.149. The number of ether oxygens (including phenoxy) is 3. The van der Waals surface area contributed by atoms with Crippen LogP contribution >= 0.6 is 0 Å². The average Bonchev–Trinajstić information content (AvgIpc) is 2.68. The van der Waals surface area contributed by atoms with E-state index < -0.39 is 28.1 Å². The number of anilines is 1. The van der Waals surface area contributed by atoms with Gasteiger partial charge in [-0.25, -0.2) is 18.0 Å². The summed E-state index contributed by atoms with van der Waals surface area (Å²) in [6.45, 7) is 5.35. The van der Waals surface area contributed by atoms with Gasteiger partial charge in [0.15, 0.2) is 6.10 Å². The molecule has 156 valence electrons. The average molecular weight is 421 g/mol. The highest BCUT2D eigenvalue weighted by molar-refractivity contribution is 7.92. The van der Waals surface area contributed by atoms with Gasteiger partial charge in [0.2, 0.25) is 0 Å². The zero-order valence-electron chi connectivity index (χ0n) is 16.6. The van der Waals surface area contributed by atoms with Crippen molar-refractivity contribution in [2.75, 3.05) is 18.4 Å². The molecule has 0 aromatic heterocycles. The second kappa shape index (κ2) is 9.42. The number of carbonyl (C=O) groups excluding carboxylic acids is 2. The van der Waals surface area contributed by atoms with Crippen LogP contribution in [0.3, 0.4) is 0 Å². The quantitative estimate of drug-likeness (QED) is 0.653. The lowest BCUT2D eigenvalue weighted by atomic mass is 10.1. The van der Waals surface area contributed by atoms with Crippen LogP contribution in [0.15, 0.2) is 47.4 Å². The van der Waals surface area contributed by atoms with Gasteiger partial charge in [-0.1, -0.05) is 6.07 Å². The van der Waals surface area contributed by atoms with E-state index in [0.29, 0.717) is 23.6 Å². The third-order valence-corrected chi connectivity index (χ3v) is 5.35. The van der Waals surface area contributed by atoms with Crippen LogP contribution in [0.4, 0.5) is 5.69 Å². The Kier molecular flexibility index (Phi) is 7.22. The van der Waals surface area contributed by atoms with Gasteiger partial charge in [-0.15, -0.1) is 0 Å². The molecular formula is C20H23NO7S. The van der Waals surface area contributed by atoms with Crippen molar-refractivity contribution in [2.45, 2.75) is 31.8 Å². The Morgan fingerprint density at radius 2 is 1.76 bits per heavy atom. The Balaban J connectivity index is 2.24. The van der Waals surface area contributed by atoms with E-state index in [9.17, 15) is 18.0 Å². The number of sulfonamides is 1. The zero-order chi connectivity index (χ0) is 21.6. The molecule has 0 aliphatic carbocycles. The first-order valence-electron chi connectivity index (χ1n) is 8.83. The summed E-state index contributed by atoms with van der Waals surface area (Å²) in [5, 5.41) is 0. The summed E-state index contributed by atoms with van der Waals surface area (Å²) in [6, 6.07) is 10.5. The maximum absolute atomic E-state index is 12.7. The highest BCUT2D eigenvalue weighted by atomic mass is 32.2. The molecule has 29 heavy (non-hydrogen) atoms. The van der Waals surface area contributed by atoms with Gasteiger partial charge in [0.05, 0.1) is 24.2 Å². The summed E-state index contributed by atoms with van der Waals surface area (Å²) >= 11 is 0. The van der Waals surface area contributed by atoms with E-state index in [1.807, 2.05) is 6.92 Å². The maximum atomic E-state index is 12.7. The Bertz CT molecular complexity index is 984. The van der Waals surface area contributed by atoms with Crippen LogP contribution in [0, 0.1) is 6.92 Å². The summed E-state index contributed by atoms with van der Waals surface area (Å²) in [5.74, 6) is -0.911. The highest BCUT2D eigenvalue weighted by Gasteiger charge is 2.23. The van der Waals surface area contributed by atoms with Crippen molar-refractivity contribution < 1.29 is 32.2 Å². The number of benzene rings is 2. The van der Waals surface area contributed by atoms with Crippen LogP contribution in [-0.2, 0) is 24.3 Å². The van der Waals surface area contributed by atoms with Crippen molar-refractivity contribution in [2.24, 2.45) is 0 Å². The molecule has 0 spiro atoms. The number of rotatable bonds is 8. The second-order valence-corrected chi connectivity index (χ2v) is 7.79. The van der Waals surface area contributed by atoms with Crippen LogP contribution < -0.4 is 9.46 Å². The second-order valence-electron chi connectivity index (χ2n) is 6.11. The molecule has 1 atom stereocenters. The zero-order valence-corrected chi connectivity index (χ0v) is 17.4. The first-order valence-corrected chi connectivity index (χ1v) is 10.3. The summed E-state index contributed by atoms with van der Waals surface area (Å²) in [4.78, 5) is 23.7. The molecule has 0 aliphatic heterocycles. The summed E-state index contributed by atoms with van der Waals surface area (Å²) in [5.41, 5.74) is 0.889. The maximum Gasteiger partial charge on any atom is 0.346 e. The predicted molar refractivity (Wildman–Crippen MR) is 106 cm³/mol. The van der Waals surface area contributed by atoms with Gasteiger partial charge in [-0.3, -0.25) is 4.72 Å². The normalized spacial score (nSPS) is 12.0. The predicted octanol–water partition coefficient (Wildman–Crippen LogP) is 2.91. The van der Waals surface area contributed by atoms with Crippen molar-refractivity contribution in [3.8, 4) is 5.75 Å². The number of carbonyl (C=O) groups is 2. The van der Waals surface area contributed by atoms with Gasteiger partial charge >= 0.3 is 11.9 Å². The van der Waals surface area contributed by atoms with Crippen molar-refractivity contribution >= 4 is 27.6 Å². The minimum Gasteiger partial charge on any atom is -0.494 e. The molecule has 0 aliphatic rings. The van der Waals surface area contributed by atoms with E-state index in [4.69, 9.17) is 9.47 Å². The summed E-state index contributed by atoms with van der Waals surface area (Å²) in [6.07, 6.45) is -1.12. The van der Waals surface area contributed by atoms with E-state index in [1.165, 1.54) is 32.2 Å². The van der Waals surface area contributed by atoms with Crippen LogP contribution in [0.1, 0.15) is 29.8 Å². The SMILES string of the molecule is CCOc1ccc(NS(=O)(=O)c2ccc(C)c(C(=O)O[C@H](C)C(=O)OC)c2)cc1. The van der Waals surface area contributed by atoms with Crippen molar-refractivity contribution in [3.05, 3.63) is 53.6 Å². The van der Waals surface area contributed by atoms with E-state index in [1.54, 1.807) is 31.2 Å². The molecule has 0 fully saturated rings.